The lowest BCUT2D eigenvalue weighted by Gasteiger charge is -2.30. The number of hydrogen-bond acceptors (Lipinski definition) is 4. The van der Waals surface area contributed by atoms with Crippen molar-refractivity contribution in [2.45, 2.75) is 53.6 Å². The van der Waals surface area contributed by atoms with Crippen LogP contribution in [0, 0.1) is 25.2 Å². The van der Waals surface area contributed by atoms with Crippen molar-refractivity contribution in [3.63, 3.8) is 0 Å². The van der Waals surface area contributed by atoms with Crippen LogP contribution in [0.3, 0.4) is 0 Å². The Morgan fingerprint density at radius 3 is 2.35 bits per heavy atom. The summed E-state index contributed by atoms with van der Waals surface area (Å²) in [6.45, 7) is 13.9. The molecule has 0 bridgehead atoms. The summed E-state index contributed by atoms with van der Waals surface area (Å²) in [6.07, 6.45) is 0. The molecule has 4 nitrogen and oxygen atoms in total. The van der Waals surface area contributed by atoms with Crippen LogP contribution in [0.15, 0.2) is 6.07 Å². The fourth-order valence-corrected chi connectivity index (χ4v) is 2.40. The third kappa shape index (κ3) is 4.21. The standard InChI is InChI=1S/C16H25N3O/c1-11(2)19(12(3)4)7-8-20-16-15(10-17)13(5)9-14(6)18-16/h9,11-12H,7-8H2,1-6H3. The summed E-state index contributed by atoms with van der Waals surface area (Å²) in [4.78, 5) is 6.68. The van der Waals surface area contributed by atoms with Crippen LogP contribution in [0.25, 0.3) is 0 Å². The molecule has 0 atom stereocenters. The van der Waals surface area contributed by atoms with E-state index < -0.39 is 0 Å². The molecule has 0 spiro atoms. The smallest absolute Gasteiger partial charge is 0.232 e. The molecule has 1 aromatic heterocycles. The SMILES string of the molecule is Cc1cc(C)c(C#N)c(OCCN(C(C)C)C(C)C)n1. The Morgan fingerprint density at radius 1 is 1.25 bits per heavy atom. The molecule has 110 valence electrons. The number of nitrogens with zero attached hydrogens (tertiary/aromatic N) is 3. The summed E-state index contributed by atoms with van der Waals surface area (Å²) < 4.78 is 5.75. The van der Waals surface area contributed by atoms with Crippen molar-refractivity contribution in [1.29, 1.82) is 5.26 Å². The molecule has 0 radical (unpaired) electrons. The van der Waals surface area contributed by atoms with Gasteiger partial charge in [0.2, 0.25) is 5.88 Å². The number of aromatic nitrogens is 1. The van der Waals surface area contributed by atoms with Crippen LogP contribution in [-0.2, 0) is 0 Å². The van der Waals surface area contributed by atoms with Crippen molar-refractivity contribution in [3.05, 3.63) is 22.9 Å². The van der Waals surface area contributed by atoms with Crippen LogP contribution >= 0.6 is 0 Å². The van der Waals surface area contributed by atoms with E-state index in [9.17, 15) is 5.26 Å². The fourth-order valence-electron chi connectivity index (χ4n) is 2.40. The molecule has 20 heavy (non-hydrogen) atoms. The summed E-state index contributed by atoms with van der Waals surface area (Å²) in [7, 11) is 0. The first-order valence-corrected chi connectivity index (χ1v) is 7.13. The molecule has 0 aromatic carbocycles. The molecular formula is C16H25N3O. The molecule has 0 N–H and O–H groups in total. The molecule has 0 fully saturated rings. The van der Waals surface area contributed by atoms with E-state index in [0.29, 0.717) is 30.1 Å². The van der Waals surface area contributed by atoms with Crippen molar-refractivity contribution in [2.75, 3.05) is 13.2 Å². The van der Waals surface area contributed by atoms with Gasteiger partial charge in [-0.05, 0) is 53.2 Å². The minimum Gasteiger partial charge on any atom is -0.475 e. The van der Waals surface area contributed by atoms with Crippen molar-refractivity contribution in [2.24, 2.45) is 0 Å². The third-order valence-electron chi connectivity index (χ3n) is 3.34. The highest BCUT2D eigenvalue weighted by atomic mass is 16.5. The van der Waals surface area contributed by atoms with Gasteiger partial charge in [0.05, 0.1) is 0 Å². The number of ether oxygens (including phenoxy) is 1. The second-order valence-electron chi connectivity index (χ2n) is 5.65. The Morgan fingerprint density at radius 2 is 1.85 bits per heavy atom. The summed E-state index contributed by atoms with van der Waals surface area (Å²) >= 11 is 0. The number of pyridine rings is 1. The van der Waals surface area contributed by atoms with Crippen molar-refractivity contribution < 1.29 is 4.74 Å². The van der Waals surface area contributed by atoms with E-state index in [1.807, 2.05) is 19.9 Å². The zero-order chi connectivity index (χ0) is 15.3. The van der Waals surface area contributed by atoms with Crippen LogP contribution in [-0.4, -0.2) is 35.1 Å². The van der Waals surface area contributed by atoms with Gasteiger partial charge in [-0.3, -0.25) is 4.90 Å². The van der Waals surface area contributed by atoms with Crippen LogP contribution < -0.4 is 4.74 Å². The maximum absolute atomic E-state index is 9.19. The maximum atomic E-state index is 9.19. The highest BCUT2D eigenvalue weighted by Gasteiger charge is 2.14. The van der Waals surface area contributed by atoms with Gasteiger partial charge in [-0.15, -0.1) is 0 Å². The van der Waals surface area contributed by atoms with Crippen LogP contribution in [0.4, 0.5) is 0 Å². The molecule has 0 aliphatic heterocycles. The zero-order valence-corrected chi connectivity index (χ0v) is 13.4. The number of rotatable bonds is 6. The highest BCUT2D eigenvalue weighted by Crippen LogP contribution is 2.19. The van der Waals surface area contributed by atoms with Crippen molar-refractivity contribution in [3.8, 4) is 11.9 Å². The quantitative estimate of drug-likeness (QED) is 0.800. The average molecular weight is 275 g/mol. The average Bonchev–Trinajstić information content (AvgIpc) is 2.33. The fraction of sp³-hybridized carbons (Fsp3) is 0.625. The summed E-state index contributed by atoms with van der Waals surface area (Å²) in [5.41, 5.74) is 2.33. The predicted octanol–water partition coefficient (Wildman–Crippen LogP) is 3.07. The van der Waals surface area contributed by atoms with Gasteiger partial charge < -0.3 is 4.74 Å². The van der Waals surface area contributed by atoms with E-state index >= 15 is 0 Å². The zero-order valence-electron chi connectivity index (χ0n) is 13.4. The molecule has 0 unspecified atom stereocenters. The number of nitriles is 1. The molecule has 0 aliphatic rings. The molecule has 1 rings (SSSR count). The van der Waals surface area contributed by atoms with E-state index in [4.69, 9.17) is 4.74 Å². The Balaban J connectivity index is 2.74. The minimum absolute atomic E-state index is 0.456. The Hall–Kier alpha value is -1.60. The normalized spacial score (nSPS) is 11.2. The van der Waals surface area contributed by atoms with E-state index in [-0.39, 0.29) is 0 Å². The van der Waals surface area contributed by atoms with Gasteiger partial charge in [0, 0.05) is 24.3 Å². The molecule has 1 aromatic rings. The van der Waals surface area contributed by atoms with E-state index in [1.54, 1.807) is 0 Å². The van der Waals surface area contributed by atoms with Gasteiger partial charge in [0.15, 0.2) is 0 Å². The second kappa shape index (κ2) is 7.25. The molecule has 1 heterocycles. The lowest BCUT2D eigenvalue weighted by molar-refractivity contribution is 0.140. The van der Waals surface area contributed by atoms with Crippen LogP contribution in [0.1, 0.15) is 44.5 Å². The first-order chi connectivity index (χ1) is 9.36. The number of hydrogen-bond donors (Lipinski definition) is 0. The molecule has 4 heteroatoms. The highest BCUT2D eigenvalue weighted by molar-refractivity contribution is 5.45. The van der Waals surface area contributed by atoms with Crippen LogP contribution in [0.2, 0.25) is 0 Å². The van der Waals surface area contributed by atoms with Gasteiger partial charge in [-0.2, -0.15) is 5.26 Å². The lowest BCUT2D eigenvalue weighted by Crippen LogP contribution is -2.39. The van der Waals surface area contributed by atoms with Gasteiger partial charge >= 0.3 is 0 Å². The number of aryl methyl sites for hydroxylation is 2. The summed E-state index contributed by atoms with van der Waals surface area (Å²) in [5.74, 6) is 0.456. The Bertz CT molecular complexity index is 481. The van der Waals surface area contributed by atoms with Gasteiger partial charge in [0.1, 0.15) is 18.2 Å². The molecule has 0 aliphatic carbocycles. The van der Waals surface area contributed by atoms with Crippen molar-refractivity contribution >= 4 is 0 Å². The Kier molecular flexibility index (Phi) is 5.97. The second-order valence-corrected chi connectivity index (χ2v) is 5.65. The first-order valence-electron chi connectivity index (χ1n) is 7.13. The molecule has 0 amide bonds. The monoisotopic (exact) mass is 275 g/mol. The lowest BCUT2D eigenvalue weighted by atomic mass is 10.1. The minimum atomic E-state index is 0.456. The van der Waals surface area contributed by atoms with E-state index in [2.05, 4.69) is 43.6 Å². The molecule has 0 saturated heterocycles. The molecular weight excluding hydrogens is 250 g/mol. The van der Waals surface area contributed by atoms with Crippen LogP contribution in [0.5, 0.6) is 5.88 Å². The summed E-state index contributed by atoms with van der Waals surface area (Å²) in [6, 6.07) is 5.02. The first kappa shape index (κ1) is 16.5. The van der Waals surface area contributed by atoms with Gasteiger partial charge in [0.25, 0.3) is 0 Å². The topological polar surface area (TPSA) is 49.1 Å². The van der Waals surface area contributed by atoms with Gasteiger partial charge in [-0.1, -0.05) is 0 Å². The van der Waals surface area contributed by atoms with E-state index in [1.165, 1.54) is 0 Å². The van der Waals surface area contributed by atoms with E-state index in [0.717, 1.165) is 17.8 Å². The van der Waals surface area contributed by atoms with Gasteiger partial charge in [-0.25, -0.2) is 4.98 Å². The maximum Gasteiger partial charge on any atom is 0.232 e. The predicted molar refractivity (Wildman–Crippen MR) is 80.9 cm³/mol. The largest absolute Gasteiger partial charge is 0.475 e. The summed E-state index contributed by atoms with van der Waals surface area (Å²) in [5, 5.41) is 9.19. The molecule has 0 saturated carbocycles. The third-order valence-corrected chi connectivity index (χ3v) is 3.34. The Labute approximate surface area is 122 Å². The van der Waals surface area contributed by atoms with Crippen molar-refractivity contribution in [1.82, 2.24) is 9.88 Å².